The molecule has 1 aliphatic heterocycles. The maximum absolute atomic E-state index is 5.56. The number of guanidine groups is 1. The Morgan fingerprint density at radius 2 is 1.90 bits per heavy atom. The van der Waals surface area contributed by atoms with Crippen molar-refractivity contribution in [3.8, 4) is 11.5 Å². The Morgan fingerprint density at radius 3 is 2.50 bits per heavy atom. The molecule has 2 fully saturated rings. The van der Waals surface area contributed by atoms with E-state index < -0.39 is 0 Å². The second kappa shape index (κ2) is 10.9. The van der Waals surface area contributed by atoms with Crippen LogP contribution in [-0.2, 0) is 11.3 Å². The van der Waals surface area contributed by atoms with Gasteiger partial charge in [0.15, 0.2) is 5.96 Å². The van der Waals surface area contributed by atoms with Crippen molar-refractivity contribution >= 4 is 5.96 Å². The number of rotatable bonds is 10. The summed E-state index contributed by atoms with van der Waals surface area (Å²) in [6.45, 7) is 9.52. The number of hydrogen-bond donors (Lipinski definition) is 1. The normalized spacial score (nSPS) is 18.9. The molecule has 0 bridgehead atoms. The van der Waals surface area contributed by atoms with E-state index in [1.807, 2.05) is 19.2 Å². The molecule has 7 nitrogen and oxygen atoms in total. The van der Waals surface area contributed by atoms with E-state index in [2.05, 4.69) is 33.1 Å². The minimum absolute atomic E-state index is 0.413. The van der Waals surface area contributed by atoms with Crippen molar-refractivity contribution in [3.63, 3.8) is 0 Å². The van der Waals surface area contributed by atoms with Crippen LogP contribution in [0.4, 0.5) is 0 Å². The number of aliphatic imine (C=N–C) groups is 1. The first-order valence-electron chi connectivity index (χ1n) is 11.1. The third-order valence-electron chi connectivity index (χ3n) is 6.32. The van der Waals surface area contributed by atoms with Gasteiger partial charge in [-0.15, -0.1) is 0 Å². The Balaban J connectivity index is 1.47. The molecule has 168 valence electrons. The molecule has 1 aromatic rings. The standard InChI is InChI=1S/C23H38N4O3/c1-5-30-15-10-23(8-9-23)18-25-22(24-2)27-13-11-26(12-14-27)17-19-16-20(28-3)6-7-21(19)29-4/h6-7,16H,5,8-15,17-18H2,1-4H3,(H,24,25). The summed E-state index contributed by atoms with van der Waals surface area (Å²) in [7, 11) is 5.31. The Hall–Kier alpha value is -1.99. The van der Waals surface area contributed by atoms with E-state index in [1.165, 1.54) is 12.8 Å². The first kappa shape index (κ1) is 22.7. The molecule has 30 heavy (non-hydrogen) atoms. The highest BCUT2D eigenvalue weighted by atomic mass is 16.5. The lowest BCUT2D eigenvalue weighted by atomic mass is 10.0. The third-order valence-corrected chi connectivity index (χ3v) is 6.32. The molecule has 0 aromatic heterocycles. The van der Waals surface area contributed by atoms with Gasteiger partial charge in [0.25, 0.3) is 0 Å². The average molecular weight is 419 g/mol. The topological polar surface area (TPSA) is 58.6 Å². The number of piperazine rings is 1. The minimum atomic E-state index is 0.413. The quantitative estimate of drug-likeness (QED) is 0.358. The fourth-order valence-electron chi connectivity index (χ4n) is 4.09. The lowest BCUT2D eigenvalue weighted by molar-refractivity contribution is 0.128. The van der Waals surface area contributed by atoms with Gasteiger partial charge in [-0.05, 0) is 49.8 Å². The molecule has 0 unspecified atom stereocenters. The van der Waals surface area contributed by atoms with Crippen LogP contribution in [0.15, 0.2) is 23.2 Å². The Morgan fingerprint density at radius 1 is 1.13 bits per heavy atom. The fraction of sp³-hybridized carbons (Fsp3) is 0.696. The predicted molar refractivity (Wildman–Crippen MR) is 121 cm³/mol. The summed E-state index contributed by atoms with van der Waals surface area (Å²) in [5.41, 5.74) is 1.58. The van der Waals surface area contributed by atoms with Crippen molar-refractivity contribution in [2.45, 2.75) is 32.7 Å². The monoisotopic (exact) mass is 418 g/mol. The SMILES string of the molecule is CCOCCC1(CNC(=NC)N2CCN(Cc3cc(OC)ccc3OC)CC2)CC1. The molecule has 1 aliphatic carbocycles. The minimum Gasteiger partial charge on any atom is -0.497 e. The molecule has 0 spiro atoms. The number of nitrogens with one attached hydrogen (secondary N) is 1. The Labute approximate surface area is 181 Å². The van der Waals surface area contributed by atoms with Gasteiger partial charge in [0.1, 0.15) is 11.5 Å². The van der Waals surface area contributed by atoms with Gasteiger partial charge in [0.2, 0.25) is 0 Å². The van der Waals surface area contributed by atoms with Crippen molar-refractivity contribution < 1.29 is 14.2 Å². The van der Waals surface area contributed by atoms with E-state index in [9.17, 15) is 0 Å². The van der Waals surface area contributed by atoms with Crippen molar-refractivity contribution in [3.05, 3.63) is 23.8 Å². The van der Waals surface area contributed by atoms with Crippen molar-refractivity contribution in [1.82, 2.24) is 15.1 Å². The average Bonchev–Trinajstić information content (AvgIpc) is 3.55. The third kappa shape index (κ3) is 6.01. The van der Waals surface area contributed by atoms with Crippen LogP contribution < -0.4 is 14.8 Å². The van der Waals surface area contributed by atoms with Gasteiger partial charge < -0.3 is 24.4 Å². The van der Waals surface area contributed by atoms with E-state index in [0.29, 0.717) is 5.41 Å². The van der Waals surface area contributed by atoms with Crippen LogP contribution in [0, 0.1) is 5.41 Å². The zero-order chi connectivity index (χ0) is 21.4. The van der Waals surface area contributed by atoms with Crippen LogP contribution in [0.5, 0.6) is 11.5 Å². The molecule has 1 aromatic carbocycles. The first-order valence-corrected chi connectivity index (χ1v) is 11.1. The molecular weight excluding hydrogens is 380 g/mol. The second-order valence-electron chi connectivity index (χ2n) is 8.29. The van der Waals surface area contributed by atoms with Crippen molar-refractivity contribution in [2.75, 3.05) is 67.2 Å². The fourth-order valence-corrected chi connectivity index (χ4v) is 4.09. The smallest absolute Gasteiger partial charge is 0.193 e. The highest BCUT2D eigenvalue weighted by Gasteiger charge is 2.42. The molecule has 3 rings (SSSR count). The van der Waals surface area contributed by atoms with Gasteiger partial charge in [-0.2, -0.15) is 0 Å². The number of methoxy groups -OCH3 is 2. The van der Waals surface area contributed by atoms with Crippen LogP contribution >= 0.6 is 0 Å². The molecule has 0 atom stereocenters. The first-order chi connectivity index (χ1) is 14.6. The number of benzene rings is 1. The molecule has 2 aliphatic rings. The van der Waals surface area contributed by atoms with Crippen LogP contribution in [0.25, 0.3) is 0 Å². The molecule has 0 amide bonds. The maximum Gasteiger partial charge on any atom is 0.193 e. The summed E-state index contributed by atoms with van der Waals surface area (Å²) in [6.07, 6.45) is 3.72. The number of ether oxygens (including phenoxy) is 3. The summed E-state index contributed by atoms with van der Waals surface area (Å²) >= 11 is 0. The van der Waals surface area contributed by atoms with Crippen molar-refractivity contribution in [2.24, 2.45) is 10.4 Å². The van der Waals surface area contributed by atoms with Crippen LogP contribution in [0.1, 0.15) is 31.7 Å². The Bertz CT molecular complexity index is 698. The van der Waals surface area contributed by atoms with Crippen LogP contribution in [0.3, 0.4) is 0 Å². The lowest BCUT2D eigenvalue weighted by Crippen LogP contribution is -2.52. The van der Waals surface area contributed by atoms with E-state index in [0.717, 1.165) is 81.9 Å². The summed E-state index contributed by atoms with van der Waals surface area (Å²) in [4.78, 5) is 9.38. The summed E-state index contributed by atoms with van der Waals surface area (Å²) in [5.74, 6) is 2.81. The van der Waals surface area contributed by atoms with Gasteiger partial charge in [-0.3, -0.25) is 9.89 Å². The molecular formula is C23H38N4O3. The summed E-state index contributed by atoms with van der Waals surface area (Å²) in [6, 6.07) is 6.00. The van der Waals surface area contributed by atoms with Crippen LogP contribution in [-0.4, -0.2) is 83.0 Å². The highest BCUT2D eigenvalue weighted by Crippen LogP contribution is 2.48. The molecule has 1 heterocycles. The van der Waals surface area contributed by atoms with Gasteiger partial charge in [-0.1, -0.05) is 0 Å². The summed E-state index contributed by atoms with van der Waals surface area (Å²) in [5, 5.41) is 3.63. The number of hydrogen-bond acceptors (Lipinski definition) is 5. The molecule has 1 saturated heterocycles. The zero-order valence-electron chi connectivity index (χ0n) is 19.1. The van der Waals surface area contributed by atoms with Gasteiger partial charge in [0.05, 0.1) is 14.2 Å². The van der Waals surface area contributed by atoms with Crippen LogP contribution in [0.2, 0.25) is 0 Å². The van der Waals surface area contributed by atoms with E-state index >= 15 is 0 Å². The van der Waals surface area contributed by atoms with E-state index in [-0.39, 0.29) is 0 Å². The predicted octanol–water partition coefficient (Wildman–Crippen LogP) is 2.60. The number of nitrogens with zero attached hydrogens (tertiary/aromatic N) is 3. The maximum atomic E-state index is 5.56. The zero-order valence-corrected chi connectivity index (χ0v) is 19.1. The summed E-state index contributed by atoms with van der Waals surface area (Å²) < 4.78 is 16.5. The van der Waals surface area contributed by atoms with Crippen molar-refractivity contribution in [1.29, 1.82) is 0 Å². The molecule has 7 heteroatoms. The molecule has 1 N–H and O–H groups in total. The molecule has 0 radical (unpaired) electrons. The van der Waals surface area contributed by atoms with E-state index in [4.69, 9.17) is 14.2 Å². The van der Waals surface area contributed by atoms with E-state index in [1.54, 1.807) is 14.2 Å². The lowest BCUT2D eigenvalue weighted by Gasteiger charge is -2.37. The van der Waals surface area contributed by atoms with Gasteiger partial charge in [-0.25, -0.2) is 0 Å². The van der Waals surface area contributed by atoms with Gasteiger partial charge >= 0.3 is 0 Å². The Kier molecular flexibility index (Phi) is 8.22. The molecule has 1 saturated carbocycles. The van der Waals surface area contributed by atoms with Gasteiger partial charge in [0, 0.05) is 65.1 Å². The second-order valence-corrected chi connectivity index (χ2v) is 8.29. The highest BCUT2D eigenvalue weighted by molar-refractivity contribution is 5.80. The largest absolute Gasteiger partial charge is 0.497 e.